The molecule has 2 aromatic heterocycles. The monoisotopic (exact) mass is 504 g/mol. The number of aliphatic hydroxyl groups excluding tert-OH is 1. The average molecular weight is 505 g/mol. The average Bonchev–Trinajstić information content (AvgIpc) is 3.20. The molecule has 0 spiro atoms. The number of hydrogen-bond donors (Lipinski definition) is 2. The van der Waals surface area contributed by atoms with Crippen molar-refractivity contribution in [2.75, 3.05) is 39.3 Å². The number of aryl methyl sites for hydroxylation is 1. The summed E-state index contributed by atoms with van der Waals surface area (Å²) in [6.07, 6.45) is -0.510. The SMILES string of the molecule is CCOc1ccc(S(=O)(=O)N2CCN(CC)CC2)cc1-c1nn2c(C(O)CC)nc(C)c2c(=O)[nH]1. The Hall–Kier alpha value is -2.80. The van der Waals surface area contributed by atoms with Crippen molar-refractivity contribution in [1.29, 1.82) is 0 Å². The van der Waals surface area contributed by atoms with Crippen LogP contribution in [0.1, 0.15) is 44.8 Å². The zero-order valence-electron chi connectivity index (χ0n) is 20.5. The zero-order valence-corrected chi connectivity index (χ0v) is 21.3. The Morgan fingerprint density at radius 3 is 2.51 bits per heavy atom. The molecule has 11 nitrogen and oxygen atoms in total. The summed E-state index contributed by atoms with van der Waals surface area (Å²) in [6, 6.07) is 4.58. The lowest BCUT2D eigenvalue weighted by Gasteiger charge is -2.33. The molecule has 35 heavy (non-hydrogen) atoms. The van der Waals surface area contributed by atoms with Gasteiger partial charge in [-0.15, -0.1) is 5.10 Å². The van der Waals surface area contributed by atoms with Crippen LogP contribution in [0.25, 0.3) is 16.9 Å². The summed E-state index contributed by atoms with van der Waals surface area (Å²) in [5.74, 6) is 0.766. The first kappa shape index (κ1) is 25.3. The Balaban J connectivity index is 1.84. The van der Waals surface area contributed by atoms with Crippen LogP contribution in [0.15, 0.2) is 27.9 Å². The number of aromatic nitrogens is 4. The number of fused-ring (bicyclic) bond motifs is 1. The summed E-state index contributed by atoms with van der Waals surface area (Å²) < 4.78 is 35.4. The molecule has 4 rings (SSSR count). The molecule has 1 aliphatic rings. The van der Waals surface area contributed by atoms with Crippen molar-refractivity contribution in [2.45, 2.75) is 45.1 Å². The summed E-state index contributed by atoms with van der Waals surface area (Å²) in [6.45, 7) is 10.7. The van der Waals surface area contributed by atoms with Crippen molar-refractivity contribution < 1.29 is 18.3 Å². The fourth-order valence-electron chi connectivity index (χ4n) is 4.28. The first-order chi connectivity index (χ1) is 16.7. The van der Waals surface area contributed by atoms with Crippen molar-refractivity contribution in [3.63, 3.8) is 0 Å². The number of hydrogen-bond acceptors (Lipinski definition) is 8. The summed E-state index contributed by atoms with van der Waals surface area (Å²) >= 11 is 0. The molecule has 1 fully saturated rings. The molecule has 0 saturated carbocycles. The van der Waals surface area contributed by atoms with E-state index in [1.165, 1.54) is 21.0 Å². The van der Waals surface area contributed by atoms with Crippen molar-refractivity contribution in [3.8, 4) is 17.1 Å². The second-order valence-electron chi connectivity index (χ2n) is 8.47. The van der Waals surface area contributed by atoms with Crippen LogP contribution in [0, 0.1) is 6.92 Å². The number of benzene rings is 1. The Bertz CT molecular complexity index is 1380. The minimum absolute atomic E-state index is 0.0966. The molecule has 1 aromatic carbocycles. The number of sulfonamides is 1. The maximum atomic E-state index is 13.4. The molecule has 1 atom stereocenters. The first-order valence-corrected chi connectivity index (χ1v) is 13.3. The quantitative estimate of drug-likeness (QED) is 0.472. The van der Waals surface area contributed by atoms with Gasteiger partial charge in [0.2, 0.25) is 10.0 Å². The number of imidazole rings is 1. The molecule has 1 saturated heterocycles. The molecular weight excluding hydrogens is 472 g/mol. The Labute approximate surface area is 204 Å². The van der Waals surface area contributed by atoms with E-state index in [0.717, 1.165) is 6.54 Å². The molecule has 2 N–H and O–H groups in total. The van der Waals surface area contributed by atoms with Crippen LogP contribution >= 0.6 is 0 Å². The van der Waals surface area contributed by atoms with Crippen LogP contribution < -0.4 is 10.3 Å². The van der Waals surface area contributed by atoms with Gasteiger partial charge < -0.3 is 19.7 Å². The van der Waals surface area contributed by atoms with Crippen LogP contribution in [0.2, 0.25) is 0 Å². The highest BCUT2D eigenvalue weighted by molar-refractivity contribution is 7.89. The van der Waals surface area contributed by atoms with Crippen molar-refractivity contribution >= 4 is 15.5 Å². The highest BCUT2D eigenvalue weighted by Crippen LogP contribution is 2.32. The van der Waals surface area contributed by atoms with Crippen molar-refractivity contribution in [1.82, 2.24) is 28.8 Å². The predicted octanol–water partition coefficient (Wildman–Crippen LogP) is 1.56. The maximum absolute atomic E-state index is 13.4. The maximum Gasteiger partial charge on any atom is 0.277 e. The summed E-state index contributed by atoms with van der Waals surface area (Å²) in [5.41, 5.74) is 0.565. The molecule has 0 radical (unpaired) electrons. The van der Waals surface area contributed by atoms with Crippen molar-refractivity contribution in [2.24, 2.45) is 0 Å². The van der Waals surface area contributed by atoms with Gasteiger partial charge in [0.15, 0.2) is 17.2 Å². The minimum atomic E-state index is -3.76. The molecule has 3 aromatic rings. The first-order valence-electron chi connectivity index (χ1n) is 11.9. The fourth-order valence-corrected chi connectivity index (χ4v) is 5.73. The van der Waals surface area contributed by atoms with E-state index in [1.54, 1.807) is 19.9 Å². The van der Waals surface area contributed by atoms with Crippen LogP contribution in [0.4, 0.5) is 0 Å². The third-order valence-electron chi connectivity index (χ3n) is 6.31. The van der Waals surface area contributed by atoms with Gasteiger partial charge in [-0.3, -0.25) is 4.79 Å². The second-order valence-corrected chi connectivity index (χ2v) is 10.4. The van der Waals surface area contributed by atoms with Gasteiger partial charge in [0.1, 0.15) is 11.9 Å². The van der Waals surface area contributed by atoms with Crippen molar-refractivity contribution in [3.05, 3.63) is 40.1 Å². The van der Waals surface area contributed by atoms with Gasteiger partial charge in [0.05, 0.1) is 22.8 Å². The molecular formula is C23H32N6O5S. The van der Waals surface area contributed by atoms with Gasteiger partial charge in [-0.2, -0.15) is 4.31 Å². The van der Waals surface area contributed by atoms with Crippen LogP contribution in [0.3, 0.4) is 0 Å². The zero-order chi connectivity index (χ0) is 25.3. The second kappa shape index (κ2) is 10.1. The van der Waals surface area contributed by atoms with E-state index >= 15 is 0 Å². The standard InChI is InChI=1S/C23H32N6O5S/c1-5-18(30)22-24-15(4)20-23(31)25-21(26-29(20)22)17-14-16(8-9-19(17)34-7-3)35(32,33)28-12-10-27(6-2)11-13-28/h8-9,14,18,30H,5-7,10-13H2,1-4H3,(H,25,26,31). The predicted molar refractivity (Wildman–Crippen MR) is 131 cm³/mol. The highest BCUT2D eigenvalue weighted by Gasteiger charge is 2.29. The van der Waals surface area contributed by atoms with Gasteiger partial charge in [-0.1, -0.05) is 13.8 Å². The molecule has 12 heteroatoms. The van der Waals surface area contributed by atoms with E-state index in [9.17, 15) is 18.3 Å². The number of ether oxygens (including phenoxy) is 1. The smallest absolute Gasteiger partial charge is 0.277 e. The third kappa shape index (κ3) is 4.70. The number of piperazine rings is 1. The Morgan fingerprint density at radius 1 is 1.17 bits per heavy atom. The molecule has 1 aliphatic heterocycles. The lowest BCUT2D eigenvalue weighted by Crippen LogP contribution is -2.48. The van der Waals surface area contributed by atoms with Gasteiger partial charge in [0.25, 0.3) is 5.56 Å². The number of rotatable bonds is 8. The van der Waals surface area contributed by atoms with Crippen LogP contribution in [-0.2, 0) is 10.0 Å². The number of likely N-dealkylation sites (N-methyl/N-ethyl adjacent to an activating group) is 1. The normalized spacial score (nSPS) is 16.6. The number of H-pyrrole nitrogens is 1. The Kier molecular flexibility index (Phi) is 7.27. The summed E-state index contributed by atoms with van der Waals surface area (Å²) in [4.78, 5) is 22.3. The molecule has 0 bridgehead atoms. The van der Waals surface area contributed by atoms with Gasteiger partial charge in [-0.25, -0.2) is 17.9 Å². The van der Waals surface area contributed by atoms with Crippen LogP contribution in [0.5, 0.6) is 5.75 Å². The largest absolute Gasteiger partial charge is 0.493 e. The van der Waals surface area contributed by atoms with E-state index in [2.05, 4.69) is 26.9 Å². The summed E-state index contributed by atoms with van der Waals surface area (Å²) in [5, 5.41) is 15.0. The van der Waals surface area contributed by atoms with E-state index in [4.69, 9.17) is 4.74 Å². The van der Waals surface area contributed by atoms with Gasteiger partial charge in [-0.05, 0) is 45.0 Å². The van der Waals surface area contributed by atoms with Gasteiger partial charge >= 0.3 is 0 Å². The lowest BCUT2D eigenvalue weighted by molar-refractivity contribution is 0.161. The number of nitrogens with one attached hydrogen (secondary N) is 1. The fraction of sp³-hybridized carbons (Fsp3) is 0.522. The van der Waals surface area contributed by atoms with Gasteiger partial charge in [0, 0.05) is 26.2 Å². The molecule has 0 aliphatic carbocycles. The lowest BCUT2D eigenvalue weighted by atomic mass is 10.2. The topological polar surface area (TPSA) is 133 Å². The van der Waals surface area contributed by atoms with E-state index in [-0.39, 0.29) is 22.1 Å². The van der Waals surface area contributed by atoms with E-state index < -0.39 is 21.7 Å². The van der Waals surface area contributed by atoms with E-state index in [0.29, 0.717) is 56.2 Å². The number of nitrogens with zero attached hydrogens (tertiary/aromatic N) is 5. The highest BCUT2D eigenvalue weighted by atomic mass is 32.2. The van der Waals surface area contributed by atoms with E-state index in [1.807, 2.05) is 6.92 Å². The Morgan fingerprint density at radius 2 is 1.89 bits per heavy atom. The molecule has 1 unspecified atom stereocenters. The van der Waals surface area contributed by atoms with Crippen LogP contribution in [-0.4, -0.2) is 81.6 Å². The third-order valence-corrected chi connectivity index (χ3v) is 8.20. The molecule has 0 amide bonds. The summed E-state index contributed by atoms with van der Waals surface area (Å²) in [7, 11) is -3.76. The molecule has 3 heterocycles. The number of aromatic amines is 1. The number of aliphatic hydroxyl groups is 1. The molecule has 190 valence electrons. The minimum Gasteiger partial charge on any atom is -0.493 e.